The minimum Gasteiger partial charge on any atom is -0.258 e. The van der Waals surface area contributed by atoms with Crippen LogP contribution in [0.15, 0.2) is 30.3 Å². The number of nitro groups is 1. The molecule has 0 aliphatic carbocycles. The van der Waals surface area contributed by atoms with Crippen LogP contribution in [0.4, 0.5) is 5.69 Å². The zero-order valence-corrected chi connectivity index (χ0v) is 6.77. The average molecular weight is 230 g/mol. The summed E-state index contributed by atoms with van der Waals surface area (Å²) in [6, 6.07) is 7.93. The van der Waals surface area contributed by atoms with E-state index in [1.807, 2.05) is 0 Å². The molecule has 0 atom stereocenters. The largest absolute Gasteiger partial charge is 0.316 e. The first-order valence-electron chi connectivity index (χ1n) is 2.50. The first-order valence-corrected chi connectivity index (χ1v) is 2.50. The molecule has 0 aliphatic heterocycles. The van der Waals surface area contributed by atoms with E-state index in [2.05, 4.69) is 0 Å². The second-order valence-electron chi connectivity index (χ2n) is 1.59. The summed E-state index contributed by atoms with van der Waals surface area (Å²) in [5.74, 6) is 0. The molecular formula is C6H8BrMgNO2. The van der Waals surface area contributed by atoms with Gasteiger partial charge in [0.05, 0.1) is 4.92 Å². The van der Waals surface area contributed by atoms with Crippen LogP contribution in [0.3, 0.4) is 0 Å². The van der Waals surface area contributed by atoms with Gasteiger partial charge in [0.25, 0.3) is 5.69 Å². The number of nitrogens with zero attached hydrogens (tertiary/aromatic N) is 1. The van der Waals surface area contributed by atoms with Crippen molar-refractivity contribution in [1.29, 1.82) is 0 Å². The first-order chi connectivity index (χ1) is 4.30. The molecule has 0 amide bonds. The van der Waals surface area contributed by atoms with Crippen LogP contribution in [-0.2, 0) is 0 Å². The van der Waals surface area contributed by atoms with E-state index in [4.69, 9.17) is 0 Å². The maximum atomic E-state index is 10.0. The van der Waals surface area contributed by atoms with Crippen LogP contribution in [0.1, 0.15) is 0 Å². The van der Waals surface area contributed by atoms with E-state index in [0.29, 0.717) is 0 Å². The number of halogens is 1. The molecule has 0 unspecified atom stereocenters. The lowest BCUT2D eigenvalue weighted by atomic mass is 10.3. The minimum atomic E-state index is -0.417. The highest BCUT2D eigenvalue weighted by atomic mass is 79.9. The molecule has 0 radical (unpaired) electrons. The highest BCUT2D eigenvalue weighted by Crippen LogP contribution is 2.06. The van der Waals surface area contributed by atoms with Gasteiger partial charge in [-0.25, -0.2) is 0 Å². The molecule has 3 nitrogen and oxygen atoms in total. The predicted octanol–water partition coefficient (Wildman–Crippen LogP) is 1.26. The molecule has 0 saturated carbocycles. The van der Waals surface area contributed by atoms with Crippen molar-refractivity contribution in [3.05, 3.63) is 40.4 Å². The Morgan fingerprint density at radius 3 is 1.91 bits per heavy atom. The Bertz CT molecular complexity index is 217. The normalized spacial score (nSPS) is 7.27. The Morgan fingerprint density at radius 2 is 1.64 bits per heavy atom. The third-order valence-electron chi connectivity index (χ3n) is 0.967. The quantitative estimate of drug-likeness (QED) is 0.414. The van der Waals surface area contributed by atoms with Gasteiger partial charge in [0.2, 0.25) is 0 Å². The molecule has 0 saturated heterocycles. The van der Waals surface area contributed by atoms with Crippen LogP contribution in [0, 0.1) is 10.1 Å². The van der Waals surface area contributed by atoms with Crippen molar-refractivity contribution >= 4 is 45.7 Å². The molecule has 11 heavy (non-hydrogen) atoms. The van der Waals surface area contributed by atoms with Crippen molar-refractivity contribution in [2.75, 3.05) is 0 Å². The van der Waals surface area contributed by atoms with Crippen LogP contribution in [0.2, 0.25) is 0 Å². The second-order valence-corrected chi connectivity index (χ2v) is 1.59. The monoisotopic (exact) mass is 229 g/mol. The van der Waals surface area contributed by atoms with E-state index in [-0.39, 0.29) is 45.7 Å². The molecule has 0 aliphatic rings. The number of non-ortho nitro benzene ring substituents is 1. The van der Waals surface area contributed by atoms with Gasteiger partial charge in [-0.05, 0) is 0 Å². The topological polar surface area (TPSA) is 43.1 Å². The maximum Gasteiger partial charge on any atom is 0.316 e. The molecular weight excluding hydrogens is 222 g/mol. The van der Waals surface area contributed by atoms with Gasteiger partial charge in [0, 0.05) is 12.1 Å². The lowest BCUT2D eigenvalue weighted by Gasteiger charge is -1.85. The van der Waals surface area contributed by atoms with Crippen molar-refractivity contribution in [3.8, 4) is 0 Å². The summed E-state index contributed by atoms with van der Waals surface area (Å²) in [7, 11) is 0. The van der Waals surface area contributed by atoms with Crippen LogP contribution in [-0.4, -0.2) is 28.0 Å². The summed E-state index contributed by atoms with van der Waals surface area (Å²) in [6.45, 7) is 0. The van der Waals surface area contributed by atoms with Crippen molar-refractivity contribution in [3.63, 3.8) is 0 Å². The van der Waals surface area contributed by atoms with Gasteiger partial charge in [-0.1, -0.05) is 18.2 Å². The van der Waals surface area contributed by atoms with E-state index < -0.39 is 4.92 Å². The third kappa shape index (κ3) is 4.34. The van der Waals surface area contributed by atoms with E-state index in [1.165, 1.54) is 12.1 Å². The van der Waals surface area contributed by atoms with E-state index >= 15 is 0 Å². The van der Waals surface area contributed by atoms with Crippen molar-refractivity contribution in [1.82, 2.24) is 0 Å². The van der Waals surface area contributed by atoms with Gasteiger partial charge in [-0.2, -0.15) is 0 Å². The van der Waals surface area contributed by atoms with Gasteiger partial charge >= 0.3 is 23.1 Å². The molecule has 0 bridgehead atoms. The van der Waals surface area contributed by atoms with Gasteiger partial charge < -0.3 is 0 Å². The predicted molar refractivity (Wildman–Crippen MR) is 52.0 cm³/mol. The molecule has 1 rings (SSSR count). The maximum absolute atomic E-state index is 10.0. The SMILES string of the molecule is Br.O=[N+]([O-])c1ccccc1.[MgH2]. The fraction of sp³-hybridized carbons (Fsp3) is 0. The highest BCUT2D eigenvalue weighted by molar-refractivity contribution is 8.93. The first kappa shape index (κ1) is 13.5. The smallest absolute Gasteiger partial charge is 0.258 e. The summed E-state index contributed by atoms with van der Waals surface area (Å²) in [6.07, 6.45) is 0. The van der Waals surface area contributed by atoms with Gasteiger partial charge in [-0.3, -0.25) is 10.1 Å². The van der Waals surface area contributed by atoms with E-state index in [9.17, 15) is 10.1 Å². The standard InChI is InChI=1S/C6H5NO2.BrH.Mg.2H/c8-7(9)6-4-2-1-3-5-6;;;;/h1-5H;1H;;;. The molecule has 0 fully saturated rings. The van der Waals surface area contributed by atoms with Gasteiger partial charge in [0.15, 0.2) is 0 Å². The van der Waals surface area contributed by atoms with Crippen molar-refractivity contribution < 1.29 is 4.92 Å². The fourth-order valence-corrected chi connectivity index (χ4v) is 0.550. The number of para-hydroxylation sites is 1. The number of hydrogen-bond donors (Lipinski definition) is 0. The number of rotatable bonds is 1. The number of nitro benzene ring substituents is 1. The van der Waals surface area contributed by atoms with Crippen LogP contribution < -0.4 is 0 Å². The Balaban J connectivity index is 0. The zero-order chi connectivity index (χ0) is 6.69. The van der Waals surface area contributed by atoms with Crippen LogP contribution in [0.5, 0.6) is 0 Å². The lowest BCUT2D eigenvalue weighted by molar-refractivity contribution is -0.384. The average Bonchev–Trinajstić information content (AvgIpc) is 1.90. The molecule has 1 aromatic carbocycles. The summed E-state index contributed by atoms with van der Waals surface area (Å²) in [4.78, 5) is 9.59. The fourth-order valence-electron chi connectivity index (χ4n) is 0.550. The summed E-state index contributed by atoms with van der Waals surface area (Å²) in [5, 5.41) is 10.0. The molecule has 0 N–H and O–H groups in total. The summed E-state index contributed by atoms with van der Waals surface area (Å²) < 4.78 is 0. The Morgan fingerprint density at radius 1 is 1.18 bits per heavy atom. The van der Waals surface area contributed by atoms with Crippen LogP contribution in [0.25, 0.3) is 0 Å². The molecule has 0 aromatic heterocycles. The van der Waals surface area contributed by atoms with Gasteiger partial charge in [-0.15, -0.1) is 17.0 Å². The number of benzene rings is 1. The van der Waals surface area contributed by atoms with Crippen molar-refractivity contribution in [2.24, 2.45) is 0 Å². The van der Waals surface area contributed by atoms with Crippen LogP contribution >= 0.6 is 17.0 Å². The van der Waals surface area contributed by atoms with E-state index in [0.717, 1.165) is 0 Å². The Hall–Kier alpha value is -0.134. The summed E-state index contributed by atoms with van der Waals surface area (Å²) in [5.41, 5.74) is 0.137. The molecule has 0 spiro atoms. The van der Waals surface area contributed by atoms with Crippen molar-refractivity contribution in [2.45, 2.75) is 0 Å². The second kappa shape index (κ2) is 6.57. The van der Waals surface area contributed by atoms with Gasteiger partial charge in [0.1, 0.15) is 0 Å². The third-order valence-corrected chi connectivity index (χ3v) is 0.967. The minimum absolute atomic E-state index is 0. The molecule has 0 heterocycles. The highest BCUT2D eigenvalue weighted by Gasteiger charge is 1.98. The van der Waals surface area contributed by atoms with E-state index in [1.54, 1.807) is 18.2 Å². The lowest BCUT2D eigenvalue weighted by Crippen LogP contribution is -1.84. The molecule has 58 valence electrons. The molecule has 1 aromatic rings. The number of hydrogen-bond acceptors (Lipinski definition) is 2. The Labute approximate surface area is 90.9 Å². The summed E-state index contributed by atoms with van der Waals surface area (Å²) >= 11 is 0. The Kier molecular flexibility index (Phi) is 8.03. The zero-order valence-electron chi connectivity index (χ0n) is 5.06. The molecule has 5 heteroatoms.